The lowest BCUT2D eigenvalue weighted by Crippen LogP contribution is -1.94. The van der Waals surface area contributed by atoms with Crippen molar-refractivity contribution in [2.75, 3.05) is 6.61 Å². The number of aromatic nitrogens is 1. The molecule has 0 saturated carbocycles. The molecule has 0 amide bonds. The molecule has 104 valence electrons. The van der Waals surface area contributed by atoms with Gasteiger partial charge in [0.25, 0.3) is 0 Å². The number of nitrogens with zero attached hydrogens (tertiary/aromatic N) is 2. The van der Waals surface area contributed by atoms with Gasteiger partial charge < -0.3 is 9.26 Å². The van der Waals surface area contributed by atoms with Gasteiger partial charge in [-0.1, -0.05) is 17.3 Å². The average molecular weight is 347 g/mol. The normalized spacial score (nSPS) is 10.5. The Labute approximate surface area is 127 Å². The van der Waals surface area contributed by atoms with Gasteiger partial charge in [-0.2, -0.15) is 5.26 Å². The van der Waals surface area contributed by atoms with Crippen molar-refractivity contribution in [3.63, 3.8) is 0 Å². The van der Waals surface area contributed by atoms with Gasteiger partial charge in [0.2, 0.25) is 0 Å². The van der Waals surface area contributed by atoms with Crippen LogP contribution in [-0.2, 0) is 0 Å². The van der Waals surface area contributed by atoms with Crippen LogP contribution in [0, 0.1) is 17.1 Å². The monoisotopic (exact) mass is 346 g/mol. The third-order valence-corrected chi connectivity index (χ3v) is 3.72. The number of halogens is 2. The highest BCUT2D eigenvalue weighted by Crippen LogP contribution is 2.38. The summed E-state index contributed by atoms with van der Waals surface area (Å²) in [6.07, 6.45) is 0. The summed E-state index contributed by atoms with van der Waals surface area (Å²) in [7, 11) is 0. The molecule has 4 nitrogen and oxygen atoms in total. The summed E-state index contributed by atoms with van der Waals surface area (Å²) in [6.45, 7) is -0.0710. The molecule has 0 aliphatic heterocycles. The Kier molecular flexibility index (Phi) is 3.59. The Balaban J connectivity index is 2.14. The molecule has 1 heterocycles. The second-order valence-electron chi connectivity index (χ2n) is 4.21. The van der Waals surface area contributed by atoms with Crippen molar-refractivity contribution in [2.45, 2.75) is 0 Å². The highest BCUT2D eigenvalue weighted by Gasteiger charge is 2.18. The first-order valence-corrected chi connectivity index (χ1v) is 6.84. The van der Waals surface area contributed by atoms with Crippen molar-refractivity contribution in [3.05, 3.63) is 46.7 Å². The molecule has 6 heteroatoms. The second kappa shape index (κ2) is 5.54. The Morgan fingerprint density at radius 2 is 2.10 bits per heavy atom. The van der Waals surface area contributed by atoms with E-state index in [0.29, 0.717) is 32.4 Å². The fourth-order valence-corrected chi connectivity index (χ4v) is 2.56. The predicted molar refractivity (Wildman–Crippen MR) is 78.2 cm³/mol. The van der Waals surface area contributed by atoms with Crippen LogP contribution < -0.4 is 4.74 Å². The molecule has 0 spiro atoms. The molecule has 3 aromatic rings. The minimum Gasteiger partial charge on any atom is -0.477 e. The average Bonchev–Trinajstić information content (AvgIpc) is 2.92. The third kappa shape index (κ3) is 2.36. The van der Waals surface area contributed by atoms with E-state index in [1.807, 2.05) is 6.07 Å². The van der Waals surface area contributed by atoms with Crippen LogP contribution in [0.5, 0.6) is 5.75 Å². The van der Waals surface area contributed by atoms with E-state index in [-0.39, 0.29) is 12.4 Å². The van der Waals surface area contributed by atoms with E-state index in [2.05, 4.69) is 21.1 Å². The molecule has 1 aromatic heterocycles. The van der Waals surface area contributed by atoms with Crippen molar-refractivity contribution >= 4 is 26.9 Å². The van der Waals surface area contributed by atoms with Crippen molar-refractivity contribution in [1.82, 2.24) is 5.16 Å². The van der Waals surface area contributed by atoms with Gasteiger partial charge in [0.05, 0.1) is 5.39 Å². The lowest BCUT2D eigenvalue weighted by molar-refractivity contribution is 0.364. The highest BCUT2D eigenvalue weighted by molar-refractivity contribution is 9.10. The minimum absolute atomic E-state index is 0.0710. The number of benzene rings is 2. The van der Waals surface area contributed by atoms with Gasteiger partial charge in [-0.3, -0.25) is 0 Å². The molecule has 0 atom stereocenters. The third-order valence-electron chi connectivity index (χ3n) is 2.97. The number of rotatable bonds is 3. The van der Waals surface area contributed by atoms with Crippen LogP contribution in [0.3, 0.4) is 0 Å². The SMILES string of the molecule is N#CCOc1ccc2c(-c3ccccc3F)noc2c1Br. The lowest BCUT2D eigenvalue weighted by Gasteiger charge is -2.04. The van der Waals surface area contributed by atoms with Crippen LogP contribution in [-0.4, -0.2) is 11.8 Å². The van der Waals surface area contributed by atoms with Gasteiger partial charge in [-0.15, -0.1) is 0 Å². The molecule has 0 aliphatic carbocycles. The zero-order chi connectivity index (χ0) is 14.8. The molecule has 0 aliphatic rings. The smallest absolute Gasteiger partial charge is 0.185 e. The zero-order valence-corrected chi connectivity index (χ0v) is 12.2. The number of hydrogen-bond donors (Lipinski definition) is 0. The standard InChI is InChI=1S/C15H8BrFN2O2/c16-13-12(20-8-7-18)6-5-10-14(19-21-15(10)13)9-3-1-2-4-11(9)17/h1-6H,8H2. The molecule has 0 saturated heterocycles. The van der Waals surface area contributed by atoms with Gasteiger partial charge in [0.15, 0.2) is 12.2 Å². The van der Waals surface area contributed by atoms with E-state index in [9.17, 15) is 4.39 Å². The molecular formula is C15H8BrFN2O2. The van der Waals surface area contributed by atoms with Crippen molar-refractivity contribution in [3.8, 4) is 23.1 Å². The van der Waals surface area contributed by atoms with Gasteiger partial charge >= 0.3 is 0 Å². The number of nitriles is 1. The summed E-state index contributed by atoms with van der Waals surface area (Å²) in [4.78, 5) is 0. The number of ether oxygens (including phenoxy) is 1. The molecule has 0 fully saturated rings. The second-order valence-corrected chi connectivity index (χ2v) is 5.01. The predicted octanol–water partition coefficient (Wildman–Crippen LogP) is 4.30. The van der Waals surface area contributed by atoms with E-state index in [1.54, 1.807) is 30.3 Å². The molecule has 0 radical (unpaired) electrons. The fraction of sp³-hybridized carbons (Fsp3) is 0.0667. The van der Waals surface area contributed by atoms with Gasteiger partial charge in [0.1, 0.15) is 27.8 Å². The zero-order valence-electron chi connectivity index (χ0n) is 10.6. The number of hydrogen-bond acceptors (Lipinski definition) is 4. The summed E-state index contributed by atoms with van der Waals surface area (Å²) >= 11 is 3.35. The molecule has 0 N–H and O–H groups in total. The Morgan fingerprint density at radius 3 is 2.86 bits per heavy atom. The minimum atomic E-state index is -0.367. The van der Waals surface area contributed by atoms with Crippen LogP contribution in [0.4, 0.5) is 4.39 Å². The lowest BCUT2D eigenvalue weighted by atomic mass is 10.1. The first-order valence-electron chi connectivity index (χ1n) is 6.05. The maximum absolute atomic E-state index is 13.9. The summed E-state index contributed by atoms with van der Waals surface area (Å²) in [5, 5.41) is 13.2. The molecular weight excluding hydrogens is 339 g/mol. The van der Waals surface area contributed by atoms with Crippen molar-refractivity contribution in [2.24, 2.45) is 0 Å². The van der Waals surface area contributed by atoms with Gasteiger partial charge in [-0.25, -0.2) is 4.39 Å². The molecule has 21 heavy (non-hydrogen) atoms. The summed E-state index contributed by atoms with van der Waals surface area (Å²) in [6, 6.07) is 11.7. The van der Waals surface area contributed by atoms with Crippen LogP contribution >= 0.6 is 15.9 Å². The quantitative estimate of drug-likeness (QED) is 0.709. The Bertz CT molecular complexity index is 854. The first kappa shape index (κ1) is 13.6. The summed E-state index contributed by atoms with van der Waals surface area (Å²) in [5.41, 5.74) is 1.24. The van der Waals surface area contributed by atoms with Crippen LogP contribution in [0.1, 0.15) is 0 Å². The largest absolute Gasteiger partial charge is 0.477 e. The van der Waals surface area contributed by atoms with Crippen molar-refractivity contribution < 1.29 is 13.7 Å². The summed E-state index contributed by atoms with van der Waals surface area (Å²) in [5.74, 6) is 0.105. The maximum atomic E-state index is 13.9. The van der Waals surface area contributed by atoms with E-state index in [1.165, 1.54) is 6.07 Å². The number of fused-ring (bicyclic) bond motifs is 1. The fourth-order valence-electron chi connectivity index (χ4n) is 2.02. The van der Waals surface area contributed by atoms with Crippen LogP contribution in [0.25, 0.3) is 22.2 Å². The molecule has 2 aromatic carbocycles. The molecule has 0 bridgehead atoms. The topological polar surface area (TPSA) is 59.0 Å². The Hall–Kier alpha value is -2.39. The van der Waals surface area contributed by atoms with E-state index < -0.39 is 0 Å². The van der Waals surface area contributed by atoms with Gasteiger partial charge in [0, 0.05) is 5.56 Å². The van der Waals surface area contributed by atoms with Gasteiger partial charge in [-0.05, 0) is 40.2 Å². The first-order chi connectivity index (χ1) is 10.2. The molecule has 0 unspecified atom stereocenters. The van der Waals surface area contributed by atoms with E-state index >= 15 is 0 Å². The maximum Gasteiger partial charge on any atom is 0.185 e. The van der Waals surface area contributed by atoms with Crippen LogP contribution in [0.15, 0.2) is 45.4 Å². The summed E-state index contributed by atoms with van der Waals surface area (Å²) < 4.78 is 25.0. The van der Waals surface area contributed by atoms with Crippen LogP contribution in [0.2, 0.25) is 0 Å². The Morgan fingerprint density at radius 1 is 1.29 bits per heavy atom. The molecule has 3 rings (SSSR count). The van der Waals surface area contributed by atoms with E-state index in [0.717, 1.165) is 0 Å². The highest BCUT2D eigenvalue weighted by atomic mass is 79.9. The van der Waals surface area contributed by atoms with Crippen molar-refractivity contribution in [1.29, 1.82) is 5.26 Å². The van der Waals surface area contributed by atoms with E-state index in [4.69, 9.17) is 14.5 Å².